The number of nitriles is 1. The lowest BCUT2D eigenvalue weighted by Crippen LogP contribution is -1.91. The lowest BCUT2D eigenvalue weighted by molar-refractivity contribution is 0.299. The largest absolute Gasteiger partial charge is 0.439 e. The van der Waals surface area contributed by atoms with Crippen LogP contribution in [-0.4, -0.2) is 16.7 Å². The Morgan fingerprint density at radius 1 is 1.17 bits per heavy atom. The van der Waals surface area contributed by atoms with Gasteiger partial charge in [-0.1, -0.05) is 12.1 Å². The van der Waals surface area contributed by atoms with Crippen LogP contribution in [-0.2, 0) is 6.42 Å². The van der Waals surface area contributed by atoms with Crippen molar-refractivity contribution in [2.75, 3.05) is 6.61 Å². The van der Waals surface area contributed by atoms with E-state index in [0.717, 1.165) is 5.56 Å². The fourth-order valence-electron chi connectivity index (χ4n) is 1.48. The Labute approximate surface area is 105 Å². The highest BCUT2D eigenvalue weighted by molar-refractivity contribution is 5.33. The van der Waals surface area contributed by atoms with Gasteiger partial charge in [0.2, 0.25) is 5.88 Å². The van der Waals surface area contributed by atoms with Gasteiger partial charge in [0, 0.05) is 18.9 Å². The first kappa shape index (κ1) is 12.1. The molecule has 18 heavy (non-hydrogen) atoms. The molecule has 0 aliphatic carbocycles. The van der Waals surface area contributed by atoms with Crippen molar-refractivity contribution in [1.82, 2.24) is 4.98 Å². The third kappa shape index (κ3) is 3.06. The number of benzene rings is 1. The first-order valence-corrected chi connectivity index (χ1v) is 5.55. The lowest BCUT2D eigenvalue weighted by atomic mass is 10.1. The van der Waals surface area contributed by atoms with Gasteiger partial charge in [0.15, 0.2) is 0 Å². The zero-order valence-electron chi connectivity index (χ0n) is 9.71. The van der Waals surface area contributed by atoms with Crippen molar-refractivity contribution in [3.8, 4) is 17.7 Å². The summed E-state index contributed by atoms with van der Waals surface area (Å²) in [4.78, 5) is 4.02. The SMILES string of the molecule is N#Cc1ccc(Oc2ccc(CCO)cc2)nc1. The predicted octanol–water partition coefficient (Wildman–Crippen LogP) is 2.28. The fraction of sp³-hybridized carbons (Fsp3) is 0.143. The van der Waals surface area contributed by atoms with E-state index in [0.29, 0.717) is 23.6 Å². The Morgan fingerprint density at radius 3 is 2.50 bits per heavy atom. The van der Waals surface area contributed by atoms with Gasteiger partial charge in [0.05, 0.1) is 5.56 Å². The van der Waals surface area contributed by atoms with Gasteiger partial charge in [0.25, 0.3) is 0 Å². The Bertz CT molecular complexity index is 542. The van der Waals surface area contributed by atoms with Crippen molar-refractivity contribution in [3.05, 3.63) is 53.7 Å². The molecular weight excluding hydrogens is 228 g/mol. The van der Waals surface area contributed by atoms with E-state index in [2.05, 4.69) is 4.98 Å². The zero-order valence-corrected chi connectivity index (χ0v) is 9.71. The quantitative estimate of drug-likeness (QED) is 0.890. The standard InChI is InChI=1S/C14H12N2O2/c15-9-12-3-6-14(16-10-12)18-13-4-1-11(2-5-13)7-8-17/h1-6,10,17H,7-8H2. The summed E-state index contributed by atoms with van der Waals surface area (Å²) in [7, 11) is 0. The van der Waals surface area contributed by atoms with Crippen LogP contribution in [0.4, 0.5) is 0 Å². The Balaban J connectivity index is 2.06. The van der Waals surface area contributed by atoms with Gasteiger partial charge in [-0.2, -0.15) is 5.26 Å². The van der Waals surface area contributed by atoms with Crippen LogP contribution >= 0.6 is 0 Å². The van der Waals surface area contributed by atoms with Crippen LogP contribution in [0.25, 0.3) is 0 Å². The zero-order chi connectivity index (χ0) is 12.8. The molecule has 1 heterocycles. The van der Waals surface area contributed by atoms with Gasteiger partial charge in [-0.25, -0.2) is 4.98 Å². The molecule has 0 unspecified atom stereocenters. The minimum Gasteiger partial charge on any atom is -0.439 e. The predicted molar refractivity (Wildman–Crippen MR) is 66.3 cm³/mol. The molecule has 90 valence electrons. The summed E-state index contributed by atoms with van der Waals surface area (Å²) in [5, 5.41) is 17.5. The molecule has 0 fully saturated rings. The molecule has 0 aliphatic heterocycles. The van der Waals surface area contributed by atoms with Crippen LogP contribution in [0.1, 0.15) is 11.1 Å². The van der Waals surface area contributed by atoms with Crippen molar-refractivity contribution in [2.45, 2.75) is 6.42 Å². The molecule has 2 rings (SSSR count). The summed E-state index contributed by atoms with van der Waals surface area (Å²) < 4.78 is 5.53. The molecule has 1 aromatic heterocycles. The van der Waals surface area contributed by atoms with Crippen molar-refractivity contribution >= 4 is 0 Å². The molecule has 1 N–H and O–H groups in total. The molecule has 0 saturated carbocycles. The minimum atomic E-state index is 0.136. The highest BCUT2D eigenvalue weighted by Gasteiger charge is 1.99. The smallest absolute Gasteiger partial charge is 0.219 e. The Morgan fingerprint density at radius 2 is 1.94 bits per heavy atom. The van der Waals surface area contributed by atoms with Crippen LogP contribution < -0.4 is 4.74 Å². The van der Waals surface area contributed by atoms with Crippen molar-refractivity contribution in [3.63, 3.8) is 0 Å². The van der Waals surface area contributed by atoms with Crippen LogP contribution in [0, 0.1) is 11.3 Å². The van der Waals surface area contributed by atoms with Crippen LogP contribution in [0.2, 0.25) is 0 Å². The van der Waals surface area contributed by atoms with E-state index in [1.165, 1.54) is 6.20 Å². The lowest BCUT2D eigenvalue weighted by Gasteiger charge is -2.05. The minimum absolute atomic E-state index is 0.136. The van der Waals surface area contributed by atoms with Gasteiger partial charge in [-0.05, 0) is 30.2 Å². The molecule has 4 heteroatoms. The molecule has 0 saturated heterocycles. The maximum absolute atomic E-state index is 8.81. The Kier molecular flexibility index (Phi) is 3.90. The normalized spacial score (nSPS) is 9.78. The van der Waals surface area contributed by atoms with Gasteiger partial charge in [0.1, 0.15) is 11.8 Å². The number of aliphatic hydroxyl groups is 1. The second-order valence-corrected chi connectivity index (χ2v) is 3.72. The number of aromatic nitrogens is 1. The van der Waals surface area contributed by atoms with E-state index >= 15 is 0 Å². The topological polar surface area (TPSA) is 66.1 Å². The number of hydrogen-bond acceptors (Lipinski definition) is 4. The van der Waals surface area contributed by atoms with Crippen LogP contribution in [0.3, 0.4) is 0 Å². The highest BCUT2D eigenvalue weighted by atomic mass is 16.5. The third-order valence-electron chi connectivity index (χ3n) is 2.41. The number of hydrogen-bond donors (Lipinski definition) is 1. The average molecular weight is 240 g/mol. The van der Waals surface area contributed by atoms with Gasteiger partial charge < -0.3 is 9.84 Å². The second kappa shape index (κ2) is 5.80. The monoisotopic (exact) mass is 240 g/mol. The molecule has 0 spiro atoms. The maximum Gasteiger partial charge on any atom is 0.219 e. The molecule has 1 aromatic carbocycles. The number of rotatable bonds is 4. The molecule has 0 amide bonds. The number of pyridine rings is 1. The summed E-state index contributed by atoms with van der Waals surface area (Å²) in [6, 6.07) is 12.8. The average Bonchev–Trinajstić information content (AvgIpc) is 2.42. The molecule has 0 atom stereocenters. The number of nitrogens with zero attached hydrogens (tertiary/aromatic N) is 2. The highest BCUT2D eigenvalue weighted by Crippen LogP contribution is 2.19. The van der Waals surface area contributed by atoms with E-state index in [4.69, 9.17) is 15.1 Å². The van der Waals surface area contributed by atoms with Crippen molar-refractivity contribution in [1.29, 1.82) is 5.26 Å². The van der Waals surface area contributed by atoms with Crippen LogP contribution in [0.5, 0.6) is 11.6 Å². The molecule has 0 radical (unpaired) electrons. The number of aliphatic hydroxyl groups excluding tert-OH is 1. The maximum atomic E-state index is 8.81. The molecular formula is C14H12N2O2. The summed E-state index contributed by atoms with van der Waals surface area (Å²) in [6.45, 7) is 0.136. The second-order valence-electron chi connectivity index (χ2n) is 3.72. The van der Waals surface area contributed by atoms with E-state index in [1.807, 2.05) is 30.3 Å². The van der Waals surface area contributed by atoms with E-state index in [1.54, 1.807) is 12.1 Å². The van der Waals surface area contributed by atoms with Crippen molar-refractivity contribution in [2.24, 2.45) is 0 Å². The first-order valence-electron chi connectivity index (χ1n) is 5.55. The molecule has 0 aliphatic rings. The third-order valence-corrected chi connectivity index (χ3v) is 2.41. The van der Waals surface area contributed by atoms with E-state index < -0.39 is 0 Å². The van der Waals surface area contributed by atoms with Crippen LogP contribution in [0.15, 0.2) is 42.6 Å². The molecule has 0 bridgehead atoms. The molecule has 4 nitrogen and oxygen atoms in total. The number of ether oxygens (including phenoxy) is 1. The summed E-state index contributed by atoms with van der Waals surface area (Å²) in [6.07, 6.45) is 2.10. The molecule has 2 aromatic rings. The van der Waals surface area contributed by atoms with Gasteiger partial charge in [-0.3, -0.25) is 0 Å². The Hall–Kier alpha value is -2.38. The summed E-state index contributed by atoms with van der Waals surface area (Å²) >= 11 is 0. The van der Waals surface area contributed by atoms with Crippen molar-refractivity contribution < 1.29 is 9.84 Å². The van der Waals surface area contributed by atoms with E-state index in [-0.39, 0.29) is 6.61 Å². The van der Waals surface area contributed by atoms with Gasteiger partial charge in [-0.15, -0.1) is 0 Å². The fourth-order valence-corrected chi connectivity index (χ4v) is 1.48. The van der Waals surface area contributed by atoms with Gasteiger partial charge >= 0.3 is 0 Å². The van der Waals surface area contributed by atoms with E-state index in [9.17, 15) is 0 Å². The first-order chi connectivity index (χ1) is 8.81. The summed E-state index contributed by atoms with van der Waals surface area (Å²) in [5.41, 5.74) is 1.55. The summed E-state index contributed by atoms with van der Waals surface area (Å²) in [5.74, 6) is 1.12.